The van der Waals surface area contributed by atoms with Crippen LogP contribution in [0.15, 0.2) is 0 Å². The summed E-state index contributed by atoms with van der Waals surface area (Å²) in [6.45, 7) is 1.84. The molecule has 0 radical (unpaired) electrons. The van der Waals surface area contributed by atoms with Crippen molar-refractivity contribution < 1.29 is 13.3 Å². The van der Waals surface area contributed by atoms with Crippen LogP contribution in [-0.2, 0) is 13.3 Å². The van der Waals surface area contributed by atoms with Crippen LogP contribution in [0.1, 0.15) is 6.92 Å². The van der Waals surface area contributed by atoms with E-state index in [1.54, 1.807) is 6.92 Å². The van der Waals surface area contributed by atoms with Crippen molar-refractivity contribution in [3.8, 4) is 0 Å². The molecule has 1 unspecified atom stereocenters. The fourth-order valence-electron chi connectivity index (χ4n) is 0.821. The summed E-state index contributed by atoms with van der Waals surface area (Å²) in [4.78, 5) is 0. The first-order chi connectivity index (χ1) is 5.13. The van der Waals surface area contributed by atoms with Crippen LogP contribution >= 0.6 is 0 Å². The average molecular weight is 180 g/mol. The molecule has 0 aromatic heterocycles. The molecule has 0 saturated carbocycles. The second-order valence-corrected chi connectivity index (χ2v) is 5.33. The number of rotatable bonds is 5. The Kier molecular flexibility index (Phi) is 4.81. The van der Waals surface area contributed by atoms with Gasteiger partial charge in [-0.15, -0.1) is 0 Å². The van der Waals surface area contributed by atoms with Gasteiger partial charge in [-0.2, -0.15) is 0 Å². The minimum absolute atomic E-state index is 0.0649. The van der Waals surface area contributed by atoms with Crippen LogP contribution in [0.25, 0.3) is 0 Å². The van der Waals surface area contributed by atoms with Crippen molar-refractivity contribution in [1.29, 1.82) is 0 Å². The lowest BCUT2D eigenvalue weighted by Gasteiger charge is -2.28. The Labute approximate surface area is 68.0 Å². The first kappa shape index (κ1) is 11.0. The molecule has 0 aliphatic rings. The molecule has 1 atom stereocenters. The van der Waals surface area contributed by atoms with Crippen molar-refractivity contribution in [2.75, 3.05) is 21.0 Å². The largest absolute Gasteiger partial charge is 0.518 e. The minimum Gasteiger partial charge on any atom is -0.376 e. The minimum atomic E-state index is -2.67. The van der Waals surface area contributed by atoms with Gasteiger partial charge in [-0.1, -0.05) is 0 Å². The molecule has 0 bridgehead atoms. The summed E-state index contributed by atoms with van der Waals surface area (Å²) >= 11 is 0. The molecule has 0 spiro atoms. The van der Waals surface area contributed by atoms with Crippen LogP contribution in [0.4, 0.5) is 0 Å². The van der Waals surface area contributed by atoms with E-state index in [1.807, 2.05) is 0 Å². The molecule has 4 N–H and O–H groups in total. The van der Waals surface area contributed by atoms with E-state index < -0.39 is 8.80 Å². The van der Waals surface area contributed by atoms with Gasteiger partial charge < -0.3 is 24.7 Å². The fourth-order valence-corrected chi connectivity index (χ4v) is 2.46. The van der Waals surface area contributed by atoms with Gasteiger partial charge in [0.25, 0.3) is 0 Å². The van der Waals surface area contributed by atoms with Crippen LogP contribution in [0.2, 0.25) is 0 Å². The lowest BCUT2D eigenvalue weighted by molar-refractivity contribution is 0.0930. The Morgan fingerprint density at radius 1 is 1.36 bits per heavy atom. The van der Waals surface area contributed by atoms with E-state index in [9.17, 15) is 0 Å². The Bertz CT molecular complexity index is 108. The monoisotopic (exact) mass is 180 g/mol. The first-order valence-corrected chi connectivity index (χ1v) is 5.13. The zero-order valence-corrected chi connectivity index (χ0v) is 8.16. The van der Waals surface area contributed by atoms with Crippen molar-refractivity contribution in [3.63, 3.8) is 0 Å². The number of hydrogen-bond donors (Lipinski definition) is 2. The normalized spacial score (nSPS) is 15.0. The van der Waals surface area contributed by atoms with Gasteiger partial charge in [0.15, 0.2) is 0 Å². The summed E-state index contributed by atoms with van der Waals surface area (Å²) < 4.78 is 15.3. The Balaban J connectivity index is 4.20. The molecule has 0 fully saturated rings. The van der Waals surface area contributed by atoms with Gasteiger partial charge >= 0.3 is 8.80 Å². The highest BCUT2D eigenvalue weighted by molar-refractivity contribution is 6.62. The number of nitrogens with two attached hydrogens (primary N) is 2. The lowest BCUT2D eigenvalue weighted by Crippen LogP contribution is -2.58. The van der Waals surface area contributed by atoms with Crippen LogP contribution in [0.3, 0.4) is 0 Å². The molecule has 0 aliphatic carbocycles. The Morgan fingerprint density at radius 3 is 1.91 bits per heavy atom. The van der Waals surface area contributed by atoms with Gasteiger partial charge in [-0.3, -0.25) is 0 Å². The topological polar surface area (TPSA) is 79.7 Å². The van der Waals surface area contributed by atoms with E-state index in [1.165, 1.54) is 14.2 Å². The van der Waals surface area contributed by atoms with E-state index in [0.29, 0.717) is 0 Å². The lowest BCUT2D eigenvalue weighted by atomic mass is 10.8. The van der Waals surface area contributed by atoms with Gasteiger partial charge in [0.1, 0.15) is 0 Å². The molecule has 11 heavy (non-hydrogen) atoms. The summed E-state index contributed by atoms with van der Waals surface area (Å²) in [6.07, 6.45) is 0. The van der Waals surface area contributed by atoms with Crippen LogP contribution in [0, 0.1) is 0 Å². The van der Waals surface area contributed by atoms with E-state index in [-0.39, 0.29) is 12.4 Å². The second-order valence-electron chi connectivity index (χ2n) is 2.11. The zero-order valence-electron chi connectivity index (χ0n) is 7.16. The summed E-state index contributed by atoms with van der Waals surface area (Å²) in [6, 6.07) is 0. The van der Waals surface area contributed by atoms with Gasteiger partial charge in [0, 0.05) is 14.2 Å². The molecular formula is C5H16N2O3Si. The molecule has 0 aromatic rings. The van der Waals surface area contributed by atoms with Crippen LogP contribution in [0.5, 0.6) is 0 Å². The molecule has 6 heteroatoms. The average Bonchev–Trinajstić information content (AvgIpc) is 2.00. The van der Waals surface area contributed by atoms with Gasteiger partial charge in [0.05, 0.1) is 12.4 Å². The first-order valence-electron chi connectivity index (χ1n) is 3.33. The standard InChI is InChI=1S/C5H16N2O3Si/c1-5(7)11(8-2,9-3)10-4-6/h5H,4,6-7H2,1-3H3. The molecule has 5 nitrogen and oxygen atoms in total. The highest BCUT2D eigenvalue weighted by Crippen LogP contribution is 2.09. The maximum atomic E-state index is 5.61. The van der Waals surface area contributed by atoms with Crippen LogP contribution < -0.4 is 11.5 Å². The zero-order chi connectivity index (χ0) is 8.91. The third-order valence-electron chi connectivity index (χ3n) is 1.41. The second kappa shape index (κ2) is 4.81. The molecule has 0 saturated heterocycles. The van der Waals surface area contributed by atoms with Gasteiger partial charge in [0.2, 0.25) is 0 Å². The summed E-state index contributed by atoms with van der Waals surface area (Å²) in [5.41, 5.74) is 10.5. The molecule has 0 rings (SSSR count). The van der Waals surface area contributed by atoms with Gasteiger partial charge in [-0.05, 0) is 6.92 Å². The molecule has 68 valence electrons. The Morgan fingerprint density at radius 2 is 1.82 bits per heavy atom. The summed E-state index contributed by atoms with van der Waals surface area (Å²) in [5, 5.41) is 0. The fraction of sp³-hybridized carbons (Fsp3) is 1.00. The van der Waals surface area contributed by atoms with E-state index in [2.05, 4.69) is 0 Å². The smallest absolute Gasteiger partial charge is 0.376 e. The highest BCUT2D eigenvalue weighted by Gasteiger charge is 2.43. The SMILES string of the molecule is CO[Si](OC)(OCN)C(C)N. The molecule has 0 heterocycles. The summed E-state index contributed by atoms with van der Waals surface area (Å²) in [7, 11) is 0.349. The number of hydrogen-bond acceptors (Lipinski definition) is 5. The maximum absolute atomic E-state index is 5.61. The van der Waals surface area contributed by atoms with Crippen LogP contribution in [-0.4, -0.2) is 35.4 Å². The quantitative estimate of drug-likeness (QED) is 0.420. The van der Waals surface area contributed by atoms with E-state index in [0.717, 1.165) is 0 Å². The van der Waals surface area contributed by atoms with E-state index >= 15 is 0 Å². The van der Waals surface area contributed by atoms with E-state index in [4.69, 9.17) is 24.7 Å². The molecular weight excluding hydrogens is 164 g/mol. The highest BCUT2D eigenvalue weighted by atomic mass is 28.4. The predicted octanol–water partition coefficient (Wildman–Crippen LogP) is -0.963. The van der Waals surface area contributed by atoms with Crippen molar-refractivity contribution >= 4 is 8.80 Å². The third kappa shape index (κ3) is 2.51. The van der Waals surface area contributed by atoms with Crippen molar-refractivity contribution in [2.45, 2.75) is 12.6 Å². The molecule has 0 aromatic carbocycles. The summed E-state index contributed by atoms with van der Waals surface area (Å²) in [5.74, 6) is 0. The molecule has 0 aliphatic heterocycles. The van der Waals surface area contributed by atoms with Crippen molar-refractivity contribution in [3.05, 3.63) is 0 Å². The molecule has 0 amide bonds. The Hall–Kier alpha value is 0.0169. The maximum Gasteiger partial charge on any atom is 0.518 e. The third-order valence-corrected chi connectivity index (χ3v) is 4.23. The van der Waals surface area contributed by atoms with Crippen molar-refractivity contribution in [2.24, 2.45) is 11.5 Å². The van der Waals surface area contributed by atoms with Gasteiger partial charge in [-0.25, -0.2) is 0 Å². The predicted molar refractivity (Wildman–Crippen MR) is 43.6 cm³/mol. The van der Waals surface area contributed by atoms with Crippen molar-refractivity contribution in [1.82, 2.24) is 0 Å².